The van der Waals surface area contributed by atoms with E-state index in [1.54, 1.807) is 13.8 Å². The third kappa shape index (κ3) is 4.55. The summed E-state index contributed by atoms with van der Waals surface area (Å²) in [6, 6.07) is 0. The van der Waals surface area contributed by atoms with Crippen molar-refractivity contribution in [1.29, 1.82) is 0 Å². The summed E-state index contributed by atoms with van der Waals surface area (Å²) in [5.74, 6) is 0.304. The van der Waals surface area contributed by atoms with Crippen LogP contribution >= 0.6 is 7.82 Å². The molecule has 100 valence electrons. The smallest absolute Gasteiger partial charge is 0.287 e. The van der Waals surface area contributed by atoms with Gasteiger partial charge in [-0.15, -0.1) is 0 Å². The topological polar surface area (TPSA) is 44.8 Å². The lowest BCUT2D eigenvalue weighted by atomic mass is 9.91. The Morgan fingerprint density at radius 3 is 2.41 bits per heavy atom. The summed E-state index contributed by atoms with van der Waals surface area (Å²) in [5, 5.41) is 0. The second-order valence-electron chi connectivity index (χ2n) is 4.00. The van der Waals surface area contributed by atoms with Crippen LogP contribution in [0.4, 0.5) is 0 Å². The Morgan fingerprint density at radius 2 is 1.88 bits per heavy atom. The van der Waals surface area contributed by atoms with Crippen LogP contribution in [-0.2, 0) is 18.1 Å². The van der Waals surface area contributed by atoms with E-state index in [-0.39, 0.29) is 6.10 Å². The minimum atomic E-state index is -3.37. The van der Waals surface area contributed by atoms with Gasteiger partial charge in [-0.2, -0.15) is 0 Å². The maximum atomic E-state index is 12.3. The SMILES string of the molecule is CCOP(=O)(OCC)O[C@H]1CCC=C[C@H]1CC. The van der Waals surface area contributed by atoms with E-state index in [1.807, 2.05) is 0 Å². The molecule has 0 aromatic rings. The van der Waals surface area contributed by atoms with Gasteiger partial charge in [-0.1, -0.05) is 19.1 Å². The van der Waals surface area contributed by atoms with Gasteiger partial charge >= 0.3 is 7.82 Å². The molecular weight excluding hydrogens is 239 g/mol. The minimum absolute atomic E-state index is 0.0612. The lowest BCUT2D eigenvalue weighted by Gasteiger charge is -2.29. The molecule has 0 saturated heterocycles. The van der Waals surface area contributed by atoms with Crippen molar-refractivity contribution in [2.24, 2.45) is 5.92 Å². The van der Waals surface area contributed by atoms with Gasteiger partial charge in [-0.25, -0.2) is 4.57 Å². The van der Waals surface area contributed by atoms with Crippen molar-refractivity contribution in [2.75, 3.05) is 13.2 Å². The molecule has 2 atom stereocenters. The van der Waals surface area contributed by atoms with E-state index in [1.165, 1.54) is 0 Å². The van der Waals surface area contributed by atoms with Crippen molar-refractivity contribution in [1.82, 2.24) is 0 Å². The summed E-state index contributed by atoms with van der Waals surface area (Å²) in [6.45, 7) is 6.33. The second-order valence-corrected chi connectivity index (χ2v) is 5.63. The first kappa shape index (κ1) is 14.9. The molecule has 17 heavy (non-hydrogen) atoms. The molecule has 0 fully saturated rings. The molecule has 4 nitrogen and oxygen atoms in total. The molecular formula is C12H23O4P. The molecule has 1 aliphatic carbocycles. The van der Waals surface area contributed by atoms with Crippen LogP contribution in [-0.4, -0.2) is 19.3 Å². The van der Waals surface area contributed by atoms with E-state index in [9.17, 15) is 4.57 Å². The van der Waals surface area contributed by atoms with Crippen molar-refractivity contribution >= 4 is 7.82 Å². The standard InChI is InChI=1S/C12H23O4P/c1-4-11-9-7-8-10-12(11)16-17(13,14-5-2)15-6-3/h7,9,11-12H,4-6,8,10H2,1-3H3/t11-,12+/m1/s1. The van der Waals surface area contributed by atoms with Crippen LogP contribution < -0.4 is 0 Å². The molecule has 1 rings (SSSR count). The zero-order valence-corrected chi connectivity index (χ0v) is 11.8. The molecule has 1 aliphatic rings. The zero-order valence-electron chi connectivity index (χ0n) is 10.9. The summed E-state index contributed by atoms with van der Waals surface area (Å²) in [5.41, 5.74) is 0. The van der Waals surface area contributed by atoms with Crippen LogP contribution in [0.15, 0.2) is 12.2 Å². The van der Waals surface area contributed by atoms with Gasteiger partial charge in [0.2, 0.25) is 0 Å². The highest BCUT2D eigenvalue weighted by molar-refractivity contribution is 7.48. The van der Waals surface area contributed by atoms with E-state index >= 15 is 0 Å². The molecule has 0 aliphatic heterocycles. The molecule has 0 unspecified atom stereocenters. The van der Waals surface area contributed by atoms with Gasteiger partial charge in [0.1, 0.15) is 0 Å². The number of hydrogen-bond acceptors (Lipinski definition) is 4. The lowest BCUT2D eigenvalue weighted by molar-refractivity contribution is 0.0576. The highest BCUT2D eigenvalue weighted by Gasteiger charge is 2.33. The first-order chi connectivity index (χ1) is 8.15. The van der Waals surface area contributed by atoms with Gasteiger partial charge in [-0.3, -0.25) is 13.6 Å². The van der Waals surface area contributed by atoms with Crippen LogP contribution in [0.25, 0.3) is 0 Å². The quantitative estimate of drug-likeness (QED) is 0.515. The Kier molecular flexibility index (Phi) is 6.42. The first-order valence-corrected chi connectivity index (χ1v) is 7.85. The maximum absolute atomic E-state index is 12.3. The fourth-order valence-electron chi connectivity index (χ4n) is 1.98. The average molecular weight is 262 g/mol. The fraction of sp³-hybridized carbons (Fsp3) is 0.833. The summed E-state index contributed by atoms with van der Waals surface area (Å²) in [6.07, 6.45) is 7.03. The monoisotopic (exact) mass is 262 g/mol. The summed E-state index contributed by atoms with van der Waals surface area (Å²) in [7, 11) is -3.37. The van der Waals surface area contributed by atoms with Gasteiger partial charge < -0.3 is 0 Å². The van der Waals surface area contributed by atoms with Gasteiger partial charge in [0.15, 0.2) is 0 Å². The van der Waals surface area contributed by atoms with Gasteiger partial charge in [-0.05, 0) is 33.1 Å². The molecule has 0 bridgehead atoms. The number of rotatable bonds is 7. The Bertz CT molecular complexity index is 280. The molecule has 0 heterocycles. The van der Waals surface area contributed by atoms with Crippen LogP contribution in [0.2, 0.25) is 0 Å². The predicted octanol–water partition coefficient (Wildman–Crippen LogP) is 3.93. The van der Waals surface area contributed by atoms with Gasteiger partial charge in [0.25, 0.3) is 0 Å². The normalized spacial score (nSPS) is 25.1. The van der Waals surface area contributed by atoms with Gasteiger partial charge in [0, 0.05) is 5.92 Å². The fourth-order valence-corrected chi connectivity index (χ4v) is 3.40. The Balaban J connectivity index is 2.65. The molecule has 0 spiro atoms. The van der Waals surface area contributed by atoms with Gasteiger partial charge in [0.05, 0.1) is 19.3 Å². The van der Waals surface area contributed by atoms with Crippen molar-refractivity contribution < 1.29 is 18.1 Å². The molecule has 0 radical (unpaired) electrons. The highest BCUT2D eigenvalue weighted by atomic mass is 31.2. The highest BCUT2D eigenvalue weighted by Crippen LogP contribution is 2.52. The third-order valence-electron chi connectivity index (χ3n) is 2.79. The molecule has 0 aromatic heterocycles. The van der Waals surface area contributed by atoms with Crippen LogP contribution in [0.1, 0.15) is 40.0 Å². The number of hydrogen-bond donors (Lipinski definition) is 0. The van der Waals surface area contributed by atoms with Crippen molar-refractivity contribution in [3.8, 4) is 0 Å². The second kappa shape index (κ2) is 7.32. The molecule has 0 N–H and O–H groups in total. The Morgan fingerprint density at radius 1 is 1.24 bits per heavy atom. The minimum Gasteiger partial charge on any atom is -0.287 e. The molecule has 5 heteroatoms. The van der Waals surface area contributed by atoms with Crippen LogP contribution in [0.5, 0.6) is 0 Å². The number of allylic oxidation sites excluding steroid dienone is 1. The summed E-state index contributed by atoms with van der Waals surface area (Å²) >= 11 is 0. The summed E-state index contributed by atoms with van der Waals surface area (Å²) in [4.78, 5) is 0. The van der Waals surface area contributed by atoms with E-state index in [4.69, 9.17) is 13.6 Å². The number of phosphoric ester groups is 1. The largest absolute Gasteiger partial charge is 0.475 e. The third-order valence-corrected chi connectivity index (χ3v) is 4.47. The van der Waals surface area contributed by atoms with E-state index in [2.05, 4.69) is 19.1 Å². The Hall–Kier alpha value is -0.150. The van der Waals surface area contributed by atoms with Crippen molar-refractivity contribution in [3.63, 3.8) is 0 Å². The zero-order chi connectivity index (χ0) is 12.7. The van der Waals surface area contributed by atoms with E-state index in [0.29, 0.717) is 19.1 Å². The molecule has 0 aromatic carbocycles. The van der Waals surface area contributed by atoms with Crippen LogP contribution in [0.3, 0.4) is 0 Å². The van der Waals surface area contributed by atoms with Crippen molar-refractivity contribution in [2.45, 2.75) is 46.1 Å². The van der Waals surface area contributed by atoms with E-state index < -0.39 is 7.82 Å². The van der Waals surface area contributed by atoms with Crippen LogP contribution in [0, 0.1) is 5.92 Å². The first-order valence-electron chi connectivity index (χ1n) is 6.39. The maximum Gasteiger partial charge on any atom is 0.475 e. The van der Waals surface area contributed by atoms with Crippen molar-refractivity contribution in [3.05, 3.63) is 12.2 Å². The Labute approximate surface area is 104 Å². The predicted molar refractivity (Wildman–Crippen MR) is 67.9 cm³/mol. The molecule has 0 saturated carbocycles. The average Bonchev–Trinajstić information content (AvgIpc) is 2.30. The van der Waals surface area contributed by atoms with E-state index in [0.717, 1.165) is 19.3 Å². The summed E-state index contributed by atoms with van der Waals surface area (Å²) < 4.78 is 28.2. The number of phosphoric acid groups is 1. The lowest BCUT2D eigenvalue weighted by Crippen LogP contribution is -2.24. The molecule has 0 amide bonds.